The fourth-order valence-corrected chi connectivity index (χ4v) is 3.13. The molecule has 0 saturated heterocycles. The van der Waals surface area contributed by atoms with E-state index in [2.05, 4.69) is 32.0 Å². The maximum absolute atomic E-state index is 11.7. The van der Waals surface area contributed by atoms with Crippen LogP contribution in [0.15, 0.2) is 18.2 Å². The van der Waals surface area contributed by atoms with Crippen LogP contribution in [-0.2, 0) is 16.8 Å². The molecule has 2 nitrogen and oxygen atoms in total. The van der Waals surface area contributed by atoms with E-state index in [-0.39, 0.29) is 5.91 Å². The van der Waals surface area contributed by atoms with Crippen LogP contribution in [-0.4, -0.2) is 17.4 Å². The Labute approximate surface area is 109 Å². The second-order valence-corrected chi connectivity index (χ2v) is 6.23. The summed E-state index contributed by atoms with van der Waals surface area (Å²) < 4.78 is 0. The van der Waals surface area contributed by atoms with Crippen molar-refractivity contribution in [3.63, 3.8) is 0 Å². The molecule has 1 amide bonds. The van der Waals surface area contributed by atoms with Gasteiger partial charge in [-0.25, -0.2) is 0 Å². The van der Waals surface area contributed by atoms with Crippen LogP contribution in [0.3, 0.4) is 0 Å². The zero-order chi connectivity index (χ0) is 12.9. The van der Waals surface area contributed by atoms with Gasteiger partial charge in [0.05, 0.1) is 0 Å². The van der Waals surface area contributed by atoms with Crippen LogP contribution in [0.25, 0.3) is 0 Å². The van der Waals surface area contributed by atoms with Gasteiger partial charge in [0, 0.05) is 25.4 Å². The van der Waals surface area contributed by atoms with E-state index in [1.165, 1.54) is 29.5 Å². The Morgan fingerprint density at radius 2 is 2.06 bits per heavy atom. The lowest BCUT2D eigenvalue weighted by Crippen LogP contribution is -2.40. The van der Waals surface area contributed by atoms with Crippen LogP contribution in [0.4, 0.5) is 0 Å². The van der Waals surface area contributed by atoms with Crippen molar-refractivity contribution < 1.29 is 4.79 Å². The highest BCUT2D eigenvalue weighted by atomic mass is 16.2. The molecule has 1 aliphatic heterocycles. The molecule has 0 N–H and O–H groups in total. The highest BCUT2D eigenvalue weighted by Gasteiger charge is 2.49. The molecule has 0 atom stereocenters. The maximum Gasteiger partial charge on any atom is 0.219 e. The molecule has 1 saturated carbocycles. The largest absolute Gasteiger partial charge is 0.338 e. The number of rotatable bonds is 1. The molecule has 0 radical (unpaired) electrons. The molecule has 1 aromatic rings. The average Bonchev–Trinajstić information content (AvgIpc) is 3.08. The van der Waals surface area contributed by atoms with Gasteiger partial charge in [-0.1, -0.05) is 32.0 Å². The highest BCUT2D eigenvalue weighted by molar-refractivity contribution is 5.74. The zero-order valence-corrected chi connectivity index (χ0v) is 11.5. The van der Waals surface area contributed by atoms with E-state index in [0.717, 1.165) is 13.1 Å². The average molecular weight is 243 g/mol. The molecule has 3 rings (SSSR count). The molecule has 1 aromatic carbocycles. The van der Waals surface area contributed by atoms with E-state index >= 15 is 0 Å². The van der Waals surface area contributed by atoms with Crippen LogP contribution in [0.2, 0.25) is 0 Å². The van der Waals surface area contributed by atoms with E-state index < -0.39 is 0 Å². The number of hydrogen-bond donors (Lipinski definition) is 0. The molecule has 96 valence electrons. The minimum atomic E-state index is 0.210. The third-order valence-corrected chi connectivity index (χ3v) is 4.52. The van der Waals surface area contributed by atoms with Crippen molar-refractivity contribution in [2.75, 3.05) is 6.54 Å². The minimum absolute atomic E-state index is 0.210. The summed E-state index contributed by atoms with van der Waals surface area (Å²) >= 11 is 0. The third kappa shape index (κ3) is 1.75. The van der Waals surface area contributed by atoms with Gasteiger partial charge in [-0.2, -0.15) is 0 Å². The molecule has 2 aliphatic rings. The molecule has 2 heteroatoms. The zero-order valence-electron chi connectivity index (χ0n) is 11.5. The quantitative estimate of drug-likeness (QED) is 0.741. The van der Waals surface area contributed by atoms with Gasteiger partial charge in [0.1, 0.15) is 0 Å². The summed E-state index contributed by atoms with van der Waals surface area (Å²) in [5.41, 5.74) is 4.56. The van der Waals surface area contributed by atoms with Gasteiger partial charge in [-0.3, -0.25) is 4.79 Å². The summed E-state index contributed by atoms with van der Waals surface area (Å²) in [4.78, 5) is 13.7. The van der Waals surface area contributed by atoms with Gasteiger partial charge in [0.25, 0.3) is 0 Å². The van der Waals surface area contributed by atoms with Gasteiger partial charge in [-0.05, 0) is 35.4 Å². The van der Waals surface area contributed by atoms with Gasteiger partial charge >= 0.3 is 0 Å². The van der Waals surface area contributed by atoms with Crippen LogP contribution in [0.5, 0.6) is 0 Å². The number of carbonyl (C=O) groups excluding carboxylic acids is 1. The Bertz CT molecular complexity index is 500. The van der Waals surface area contributed by atoms with E-state index in [0.29, 0.717) is 11.3 Å². The van der Waals surface area contributed by atoms with Crippen molar-refractivity contribution in [3.05, 3.63) is 34.9 Å². The summed E-state index contributed by atoms with van der Waals surface area (Å²) in [7, 11) is 0. The molecule has 1 spiro atoms. The first kappa shape index (κ1) is 11.8. The summed E-state index contributed by atoms with van der Waals surface area (Å²) in [5.74, 6) is 0.764. The number of nitrogens with zero attached hydrogens (tertiary/aromatic N) is 1. The number of carbonyl (C=O) groups is 1. The van der Waals surface area contributed by atoms with Gasteiger partial charge in [0.15, 0.2) is 0 Å². The maximum atomic E-state index is 11.7. The number of fused-ring (bicyclic) bond motifs is 2. The van der Waals surface area contributed by atoms with Gasteiger partial charge < -0.3 is 4.90 Å². The first-order valence-corrected chi connectivity index (χ1v) is 6.91. The van der Waals surface area contributed by atoms with Crippen molar-refractivity contribution in [3.8, 4) is 0 Å². The lowest BCUT2D eigenvalue weighted by Gasteiger charge is -2.35. The van der Waals surface area contributed by atoms with Gasteiger partial charge in [0.2, 0.25) is 5.91 Å². The molecule has 1 aliphatic carbocycles. The molecular weight excluding hydrogens is 222 g/mol. The summed E-state index contributed by atoms with van der Waals surface area (Å²) in [6.45, 7) is 7.86. The fourth-order valence-electron chi connectivity index (χ4n) is 3.13. The Morgan fingerprint density at radius 1 is 1.33 bits per heavy atom. The fraction of sp³-hybridized carbons (Fsp3) is 0.562. The monoisotopic (exact) mass is 243 g/mol. The number of benzene rings is 1. The van der Waals surface area contributed by atoms with E-state index in [9.17, 15) is 4.79 Å². The second-order valence-electron chi connectivity index (χ2n) is 6.23. The molecule has 0 bridgehead atoms. The van der Waals surface area contributed by atoms with Crippen molar-refractivity contribution in [1.82, 2.24) is 4.90 Å². The predicted molar refractivity (Wildman–Crippen MR) is 72.5 cm³/mol. The molecule has 18 heavy (non-hydrogen) atoms. The Balaban J connectivity index is 2.03. The Hall–Kier alpha value is -1.31. The summed E-state index contributed by atoms with van der Waals surface area (Å²) in [6, 6.07) is 6.90. The first-order chi connectivity index (χ1) is 8.52. The molecule has 0 unspecified atom stereocenters. The summed E-state index contributed by atoms with van der Waals surface area (Å²) in [6.07, 6.45) is 2.48. The molecular formula is C16H21NO. The van der Waals surface area contributed by atoms with Crippen LogP contribution in [0.1, 0.15) is 56.2 Å². The summed E-state index contributed by atoms with van der Waals surface area (Å²) in [5, 5.41) is 0. The first-order valence-electron chi connectivity index (χ1n) is 6.91. The molecule has 1 fully saturated rings. The van der Waals surface area contributed by atoms with Crippen molar-refractivity contribution >= 4 is 5.91 Å². The number of hydrogen-bond acceptors (Lipinski definition) is 1. The van der Waals surface area contributed by atoms with Crippen LogP contribution < -0.4 is 0 Å². The Kier molecular flexibility index (Phi) is 2.51. The molecule has 1 heterocycles. The lowest BCUT2D eigenvalue weighted by molar-refractivity contribution is -0.130. The smallest absolute Gasteiger partial charge is 0.219 e. The Morgan fingerprint density at radius 3 is 2.61 bits per heavy atom. The van der Waals surface area contributed by atoms with E-state index in [1.54, 1.807) is 6.92 Å². The second kappa shape index (κ2) is 3.84. The van der Waals surface area contributed by atoms with Gasteiger partial charge in [-0.15, -0.1) is 0 Å². The third-order valence-electron chi connectivity index (χ3n) is 4.52. The van der Waals surface area contributed by atoms with Crippen LogP contribution in [0, 0.1) is 0 Å². The van der Waals surface area contributed by atoms with Crippen molar-refractivity contribution in [2.24, 2.45) is 0 Å². The van der Waals surface area contributed by atoms with E-state index in [1.807, 2.05) is 4.90 Å². The lowest BCUT2D eigenvalue weighted by atomic mass is 9.84. The topological polar surface area (TPSA) is 20.3 Å². The standard InChI is InChI=1S/C16H21NO/c1-11(2)13-4-5-15-14(8-13)9-17(12(3)18)10-16(15)6-7-16/h4-5,8,11H,6-7,9-10H2,1-3H3. The van der Waals surface area contributed by atoms with Crippen LogP contribution >= 0.6 is 0 Å². The van der Waals surface area contributed by atoms with Crippen molar-refractivity contribution in [1.29, 1.82) is 0 Å². The van der Waals surface area contributed by atoms with Crippen molar-refractivity contribution in [2.45, 2.75) is 51.5 Å². The SMILES string of the molecule is CC(=O)N1Cc2cc(C(C)C)ccc2C2(CC2)C1. The normalized spacial score (nSPS) is 20.1. The number of amides is 1. The highest BCUT2D eigenvalue weighted by Crippen LogP contribution is 2.52. The minimum Gasteiger partial charge on any atom is -0.338 e. The van der Waals surface area contributed by atoms with E-state index in [4.69, 9.17) is 0 Å². The predicted octanol–water partition coefficient (Wildman–Crippen LogP) is 3.20. The molecule has 0 aromatic heterocycles.